The first kappa shape index (κ1) is 26.6. The number of hydrogen-bond acceptors (Lipinski definition) is 6. The van der Waals surface area contributed by atoms with Crippen LogP contribution >= 0.6 is 0 Å². The first-order valence-corrected chi connectivity index (χ1v) is 12.6. The van der Waals surface area contributed by atoms with Crippen LogP contribution in [0.3, 0.4) is 0 Å². The van der Waals surface area contributed by atoms with Crippen molar-refractivity contribution >= 4 is 39.4 Å². The number of amides is 2. The Labute approximate surface area is 211 Å². The molecule has 10 heteroatoms. The number of carbonyl (C=O) groups excluding carboxylic acids is 2. The van der Waals surface area contributed by atoms with E-state index in [1.54, 1.807) is 24.3 Å². The molecular weight excluding hydrogens is 478 g/mol. The summed E-state index contributed by atoms with van der Waals surface area (Å²) in [4.78, 5) is 25.9. The van der Waals surface area contributed by atoms with Crippen molar-refractivity contribution in [1.82, 2.24) is 9.73 Å². The molecule has 0 spiro atoms. The van der Waals surface area contributed by atoms with Crippen LogP contribution in [-0.4, -0.2) is 51.4 Å². The van der Waals surface area contributed by atoms with Crippen molar-refractivity contribution in [3.05, 3.63) is 90.0 Å². The Balaban J connectivity index is 1.75. The van der Waals surface area contributed by atoms with E-state index >= 15 is 0 Å². The molecule has 0 aliphatic rings. The van der Waals surface area contributed by atoms with Crippen molar-refractivity contribution in [2.45, 2.75) is 18.4 Å². The number of hydrazone groups is 1. The summed E-state index contributed by atoms with van der Waals surface area (Å²) in [6.45, 7) is 0.938. The molecule has 36 heavy (non-hydrogen) atoms. The van der Waals surface area contributed by atoms with Crippen LogP contribution in [0.2, 0.25) is 0 Å². The minimum absolute atomic E-state index is 0.000245. The number of carbonyl (C=O) groups is 2. The van der Waals surface area contributed by atoms with Gasteiger partial charge in [0.05, 0.1) is 17.7 Å². The van der Waals surface area contributed by atoms with Gasteiger partial charge in [0, 0.05) is 38.9 Å². The van der Waals surface area contributed by atoms with Gasteiger partial charge in [0.15, 0.2) is 0 Å². The van der Waals surface area contributed by atoms with E-state index in [9.17, 15) is 18.0 Å². The number of nitrogens with one attached hydrogen (secondary N) is 2. The predicted molar refractivity (Wildman–Crippen MR) is 141 cm³/mol. The summed E-state index contributed by atoms with van der Waals surface area (Å²) < 4.78 is 27.9. The van der Waals surface area contributed by atoms with E-state index in [0.29, 0.717) is 5.69 Å². The lowest BCUT2D eigenvalue weighted by atomic mass is 10.2. The Morgan fingerprint density at radius 1 is 0.917 bits per heavy atom. The summed E-state index contributed by atoms with van der Waals surface area (Å²) in [5.41, 5.74) is 5.43. The van der Waals surface area contributed by atoms with Gasteiger partial charge < -0.3 is 10.2 Å². The lowest BCUT2D eigenvalue weighted by molar-refractivity contribution is -0.121. The predicted octanol–water partition coefficient (Wildman–Crippen LogP) is 3.05. The molecule has 0 fully saturated rings. The van der Waals surface area contributed by atoms with Crippen molar-refractivity contribution in [3.8, 4) is 0 Å². The smallest absolute Gasteiger partial charge is 0.255 e. The van der Waals surface area contributed by atoms with E-state index in [2.05, 4.69) is 15.8 Å². The molecule has 3 rings (SSSR count). The molecule has 0 radical (unpaired) electrons. The molecule has 0 saturated heterocycles. The number of benzene rings is 3. The standard InChI is InChI=1S/C26H29N5O4S/c1-20(32)28-23-11-15-25(16-12-23)36(34,35)31(18-22-7-5-4-6-8-22)19-26(33)29-27-17-21-9-13-24(14-10-21)30(2)3/h4-17H,18-19H2,1-3H3,(H,28,32)(H,29,33)/b27-17-. The molecule has 0 aromatic heterocycles. The summed E-state index contributed by atoms with van der Waals surface area (Å²) in [5.74, 6) is -0.840. The molecular formula is C26H29N5O4S. The van der Waals surface area contributed by atoms with Gasteiger partial charge in [0.2, 0.25) is 15.9 Å². The van der Waals surface area contributed by atoms with Crippen LogP contribution < -0.4 is 15.6 Å². The minimum Gasteiger partial charge on any atom is -0.378 e. The van der Waals surface area contributed by atoms with Gasteiger partial charge in [-0.05, 0) is 47.5 Å². The highest BCUT2D eigenvalue weighted by Gasteiger charge is 2.27. The second kappa shape index (κ2) is 12.1. The molecule has 188 valence electrons. The molecule has 0 heterocycles. The zero-order valence-corrected chi connectivity index (χ0v) is 21.2. The second-order valence-corrected chi connectivity index (χ2v) is 10.2. The molecule has 0 aliphatic heterocycles. The zero-order chi connectivity index (χ0) is 26.1. The Hall–Kier alpha value is -4.02. The molecule has 0 unspecified atom stereocenters. The number of nitrogens with zero attached hydrogens (tertiary/aromatic N) is 3. The van der Waals surface area contributed by atoms with Crippen molar-refractivity contribution in [1.29, 1.82) is 0 Å². The van der Waals surface area contributed by atoms with Gasteiger partial charge in [-0.2, -0.15) is 9.41 Å². The van der Waals surface area contributed by atoms with E-state index < -0.39 is 22.5 Å². The first-order valence-electron chi connectivity index (χ1n) is 11.2. The molecule has 0 bridgehead atoms. The summed E-state index contributed by atoms with van der Waals surface area (Å²) in [6.07, 6.45) is 1.49. The molecule has 0 atom stereocenters. The summed E-state index contributed by atoms with van der Waals surface area (Å²) in [5, 5.41) is 6.57. The van der Waals surface area contributed by atoms with Gasteiger partial charge in [0.1, 0.15) is 0 Å². The highest BCUT2D eigenvalue weighted by atomic mass is 32.2. The Morgan fingerprint density at radius 3 is 2.14 bits per heavy atom. The maximum absolute atomic E-state index is 13.4. The van der Waals surface area contributed by atoms with Gasteiger partial charge in [-0.1, -0.05) is 42.5 Å². The Kier molecular flexibility index (Phi) is 8.93. The maximum Gasteiger partial charge on any atom is 0.255 e. The summed E-state index contributed by atoms with van der Waals surface area (Å²) in [6, 6.07) is 22.4. The van der Waals surface area contributed by atoms with E-state index in [1.165, 1.54) is 37.4 Å². The molecule has 3 aromatic carbocycles. The first-order chi connectivity index (χ1) is 17.1. The van der Waals surface area contributed by atoms with Crippen LogP contribution in [0.4, 0.5) is 11.4 Å². The summed E-state index contributed by atoms with van der Waals surface area (Å²) >= 11 is 0. The number of anilines is 2. The monoisotopic (exact) mass is 507 g/mol. The summed E-state index contributed by atoms with van der Waals surface area (Å²) in [7, 11) is -0.146. The molecule has 3 aromatic rings. The highest BCUT2D eigenvalue weighted by molar-refractivity contribution is 7.89. The van der Waals surface area contributed by atoms with Crippen molar-refractivity contribution < 1.29 is 18.0 Å². The van der Waals surface area contributed by atoms with Crippen LogP contribution in [0, 0.1) is 0 Å². The highest BCUT2D eigenvalue weighted by Crippen LogP contribution is 2.20. The van der Waals surface area contributed by atoms with Crippen LogP contribution in [0.1, 0.15) is 18.1 Å². The lowest BCUT2D eigenvalue weighted by Crippen LogP contribution is -2.39. The third-order valence-corrected chi connectivity index (χ3v) is 6.95. The van der Waals surface area contributed by atoms with Crippen LogP contribution in [0.5, 0.6) is 0 Å². The van der Waals surface area contributed by atoms with E-state index in [4.69, 9.17) is 0 Å². The van der Waals surface area contributed by atoms with Crippen LogP contribution in [-0.2, 0) is 26.2 Å². The van der Waals surface area contributed by atoms with Gasteiger partial charge in [0.25, 0.3) is 5.91 Å². The maximum atomic E-state index is 13.4. The SMILES string of the molecule is CC(=O)Nc1ccc(S(=O)(=O)N(CC(=O)N/N=C\c2ccc(N(C)C)cc2)Cc2ccccc2)cc1. The van der Waals surface area contributed by atoms with Crippen LogP contribution in [0.25, 0.3) is 0 Å². The van der Waals surface area contributed by atoms with Gasteiger partial charge in [-0.3, -0.25) is 9.59 Å². The Bertz CT molecular complexity index is 1310. The molecule has 2 amide bonds. The Morgan fingerprint density at radius 2 is 1.56 bits per heavy atom. The lowest BCUT2D eigenvalue weighted by Gasteiger charge is -2.21. The average Bonchev–Trinajstić information content (AvgIpc) is 2.84. The quantitative estimate of drug-likeness (QED) is 0.324. The van der Waals surface area contributed by atoms with Gasteiger partial charge in [-0.15, -0.1) is 0 Å². The number of hydrogen-bond donors (Lipinski definition) is 2. The van der Waals surface area contributed by atoms with Crippen molar-refractivity contribution in [2.24, 2.45) is 5.10 Å². The fourth-order valence-electron chi connectivity index (χ4n) is 3.31. The third kappa shape index (κ3) is 7.49. The molecule has 9 nitrogen and oxygen atoms in total. The zero-order valence-electron chi connectivity index (χ0n) is 20.4. The fourth-order valence-corrected chi connectivity index (χ4v) is 4.69. The van der Waals surface area contributed by atoms with E-state index in [-0.39, 0.29) is 17.3 Å². The normalized spacial score (nSPS) is 11.4. The molecule has 0 saturated carbocycles. The minimum atomic E-state index is -4.03. The number of sulfonamides is 1. The van der Waals surface area contributed by atoms with E-state index in [1.807, 2.05) is 49.3 Å². The third-order valence-electron chi connectivity index (χ3n) is 5.15. The number of rotatable bonds is 10. The van der Waals surface area contributed by atoms with Crippen molar-refractivity contribution in [2.75, 3.05) is 30.9 Å². The largest absolute Gasteiger partial charge is 0.378 e. The van der Waals surface area contributed by atoms with E-state index in [0.717, 1.165) is 21.1 Å². The second-order valence-electron chi connectivity index (χ2n) is 8.24. The molecule has 2 N–H and O–H groups in total. The van der Waals surface area contributed by atoms with Gasteiger partial charge >= 0.3 is 0 Å². The fraction of sp³-hybridized carbons (Fsp3) is 0.192. The molecule has 0 aliphatic carbocycles. The van der Waals surface area contributed by atoms with Crippen LogP contribution in [0.15, 0.2) is 88.9 Å². The van der Waals surface area contributed by atoms with Gasteiger partial charge in [-0.25, -0.2) is 13.8 Å². The van der Waals surface area contributed by atoms with Crippen molar-refractivity contribution in [3.63, 3.8) is 0 Å². The topological polar surface area (TPSA) is 111 Å². The average molecular weight is 508 g/mol.